The Morgan fingerprint density at radius 2 is 0.980 bits per heavy atom. The Labute approximate surface area is 289 Å². The van der Waals surface area contributed by atoms with Gasteiger partial charge < -0.3 is 30.6 Å². The predicted molar refractivity (Wildman–Crippen MR) is 190 cm³/mol. The van der Waals surface area contributed by atoms with Gasteiger partial charge in [-0.05, 0) is 109 Å². The first-order valence-corrected chi connectivity index (χ1v) is 16.0. The van der Waals surface area contributed by atoms with Crippen LogP contribution in [0.1, 0.15) is 56.3 Å². The summed E-state index contributed by atoms with van der Waals surface area (Å²) in [5.41, 5.74) is 7.65. The van der Waals surface area contributed by atoms with Gasteiger partial charge in [0.1, 0.15) is 17.2 Å². The number of carbonyl (C=O) groups is 1. The third-order valence-corrected chi connectivity index (χ3v) is 8.80. The average Bonchev–Trinajstić information content (AvgIpc) is 3.04. The van der Waals surface area contributed by atoms with E-state index < -0.39 is 0 Å². The molecule has 0 radical (unpaired) electrons. The van der Waals surface area contributed by atoms with Crippen molar-refractivity contribution in [2.45, 2.75) is 40.5 Å². The fourth-order valence-corrected chi connectivity index (χ4v) is 6.51. The summed E-state index contributed by atoms with van der Waals surface area (Å²) in [5, 5.41) is 38.5. The molecule has 0 saturated carbocycles. The van der Waals surface area contributed by atoms with Gasteiger partial charge in [-0.3, -0.25) is 24.4 Å². The summed E-state index contributed by atoms with van der Waals surface area (Å²) in [7, 11) is 1.51. The number of hydrogen-bond donors (Lipinski definition) is 4. The SMILES string of the molecule is C1N2CN3CN1CN(C2)C3.COc1cc(Cc2cc(C)c(O)c(C=O)c2)cc(C)c1O.Cc1cc(Cc2ccc(O)c(C)c2)ccc1O.O.[H+]. The van der Waals surface area contributed by atoms with E-state index in [1.165, 1.54) is 47.1 Å². The van der Waals surface area contributed by atoms with Crippen LogP contribution in [0.15, 0.2) is 60.7 Å². The summed E-state index contributed by atoms with van der Waals surface area (Å²) in [4.78, 5) is 20.8. The van der Waals surface area contributed by atoms with Gasteiger partial charge >= 0.3 is 1.43 Å². The topological polar surface area (TPSA) is 152 Å². The molecular formula is C38H49N4O7+. The zero-order valence-electron chi connectivity index (χ0n) is 29.9. The number of nitrogens with zero attached hydrogens (tertiary/aromatic N) is 4. The molecule has 262 valence electrons. The van der Waals surface area contributed by atoms with Crippen LogP contribution >= 0.6 is 0 Å². The molecule has 4 fully saturated rings. The Balaban J connectivity index is 0.000000209. The second-order valence-corrected chi connectivity index (χ2v) is 13.1. The molecule has 4 saturated heterocycles. The van der Waals surface area contributed by atoms with Crippen LogP contribution in [0, 0.1) is 27.7 Å². The largest absolute Gasteiger partial charge is 1.00 e. The highest BCUT2D eigenvalue weighted by Gasteiger charge is 2.36. The van der Waals surface area contributed by atoms with Crippen molar-refractivity contribution < 1.29 is 36.9 Å². The molecule has 0 aliphatic carbocycles. The molecule has 4 heterocycles. The molecule has 4 aliphatic rings. The quantitative estimate of drug-likeness (QED) is 0.212. The van der Waals surface area contributed by atoms with Crippen LogP contribution in [0.25, 0.3) is 0 Å². The zero-order valence-corrected chi connectivity index (χ0v) is 28.9. The standard InChI is InChI=1S/C17H18O4.C15H16O2.C6H12N4.H2O/c1-10-4-12(7-14(9-18)16(10)19)6-13-5-11(2)17(20)15(8-13)21-3;1-10-7-12(3-5-14(10)16)9-13-4-6-15(17)11(2)8-13;1-7-2-9-4-8(1)5-10(3-7)6-9;/h4-5,7-9,19-20H,6H2,1-3H3;3-8,16-17H,9H2,1-2H3;1-6H2;1H2/p+1. The fourth-order valence-electron chi connectivity index (χ4n) is 6.51. The van der Waals surface area contributed by atoms with E-state index >= 15 is 0 Å². The first-order chi connectivity index (χ1) is 22.9. The van der Waals surface area contributed by atoms with Gasteiger partial charge in [0, 0.05) is 0 Å². The van der Waals surface area contributed by atoms with Crippen molar-refractivity contribution in [1.29, 1.82) is 0 Å². The van der Waals surface area contributed by atoms with E-state index in [9.17, 15) is 25.2 Å². The van der Waals surface area contributed by atoms with E-state index in [0.29, 0.717) is 35.5 Å². The lowest BCUT2D eigenvalue weighted by atomic mass is 9.98. The van der Waals surface area contributed by atoms with Gasteiger partial charge in [-0.2, -0.15) is 0 Å². The monoisotopic (exact) mass is 673 g/mol. The van der Waals surface area contributed by atoms with Gasteiger partial charge in [0.05, 0.1) is 52.7 Å². The van der Waals surface area contributed by atoms with Crippen LogP contribution in [0.4, 0.5) is 0 Å². The summed E-state index contributed by atoms with van der Waals surface area (Å²) in [6.07, 6.45) is 2.04. The molecule has 0 amide bonds. The molecule has 8 rings (SSSR count). The molecule has 0 atom stereocenters. The Morgan fingerprint density at radius 3 is 1.39 bits per heavy atom. The molecule has 4 aliphatic heterocycles. The number of phenolic OH excluding ortho intramolecular Hbond substituents is 4. The van der Waals surface area contributed by atoms with Crippen molar-refractivity contribution in [1.82, 2.24) is 19.6 Å². The highest BCUT2D eigenvalue weighted by Crippen LogP contribution is 2.32. The minimum Gasteiger partial charge on any atom is -0.508 e. The van der Waals surface area contributed by atoms with E-state index in [2.05, 4.69) is 19.6 Å². The molecule has 4 aromatic rings. The van der Waals surface area contributed by atoms with Gasteiger partial charge in [0.25, 0.3) is 0 Å². The second-order valence-electron chi connectivity index (χ2n) is 13.1. The highest BCUT2D eigenvalue weighted by atomic mass is 16.5. The third-order valence-electron chi connectivity index (χ3n) is 8.80. The Bertz CT molecular complexity index is 1680. The van der Waals surface area contributed by atoms with Gasteiger partial charge in [-0.1, -0.05) is 36.4 Å². The molecule has 0 aromatic heterocycles. The summed E-state index contributed by atoms with van der Waals surface area (Å²) < 4.78 is 5.15. The maximum absolute atomic E-state index is 11.0. The van der Waals surface area contributed by atoms with Gasteiger partial charge in [-0.15, -0.1) is 0 Å². The van der Waals surface area contributed by atoms with Crippen LogP contribution in [0.3, 0.4) is 0 Å². The number of phenols is 4. The van der Waals surface area contributed by atoms with Gasteiger partial charge in [0.2, 0.25) is 0 Å². The Hall–Kier alpha value is -4.65. The van der Waals surface area contributed by atoms with Crippen molar-refractivity contribution >= 4 is 6.29 Å². The van der Waals surface area contributed by atoms with Crippen LogP contribution < -0.4 is 4.74 Å². The number of aryl methyl sites for hydroxylation is 4. The van der Waals surface area contributed by atoms with Crippen LogP contribution in [0.2, 0.25) is 0 Å². The number of aromatic hydroxyl groups is 4. The molecule has 11 heteroatoms. The first-order valence-electron chi connectivity index (χ1n) is 16.0. The zero-order chi connectivity index (χ0) is 34.5. The molecule has 0 spiro atoms. The minimum atomic E-state index is 0. The van der Waals surface area contributed by atoms with E-state index in [1.54, 1.807) is 38.1 Å². The molecular weight excluding hydrogens is 624 g/mol. The number of hydrogen-bond acceptors (Lipinski definition) is 10. The second kappa shape index (κ2) is 16.2. The summed E-state index contributed by atoms with van der Waals surface area (Å²) in [5.74, 6) is 1.24. The molecule has 6 N–H and O–H groups in total. The molecule has 49 heavy (non-hydrogen) atoms. The smallest absolute Gasteiger partial charge is 0.508 e. The third kappa shape index (κ3) is 9.28. The van der Waals surface area contributed by atoms with E-state index in [-0.39, 0.29) is 24.0 Å². The van der Waals surface area contributed by atoms with E-state index in [1.807, 2.05) is 50.2 Å². The maximum atomic E-state index is 11.0. The Kier molecular flexibility index (Phi) is 12.3. The summed E-state index contributed by atoms with van der Waals surface area (Å²) in [6, 6.07) is 18.4. The number of ether oxygens (including phenoxy) is 1. The lowest BCUT2D eigenvalue weighted by Crippen LogP contribution is -2.71. The highest BCUT2D eigenvalue weighted by molar-refractivity contribution is 5.80. The number of rotatable bonds is 6. The van der Waals surface area contributed by atoms with Crippen molar-refractivity contribution in [3.8, 4) is 28.7 Å². The van der Waals surface area contributed by atoms with Gasteiger partial charge in [-0.25, -0.2) is 0 Å². The average molecular weight is 674 g/mol. The van der Waals surface area contributed by atoms with E-state index in [4.69, 9.17) is 4.74 Å². The number of benzene rings is 4. The van der Waals surface area contributed by atoms with E-state index in [0.717, 1.165) is 45.4 Å². The first kappa shape index (κ1) is 37.2. The number of carbonyl (C=O) groups excluding carboxylic acids is 1. The van der Waals surface area contributed by atoms with Crippen molar-refractivity contribution in [2.24, 2.45) is 0 Å². The lowest BCUT2D eigenvalue weighted by molar-refractivity contribution is -0.194. The minimum absolute atomic E-state index is 0. The molecule has 4 bridgehead atoms. The Morgan fingerprint density at radius 1 is 0.592 bits per heavy atom. The summed E-state index contributed by atoms with van der Waals surface area (Å²) in [6.45, 7) is 14.5. The van der Waals surface area contributed by atoms with Crippen molar-refractivity contribution in [3.63, 3.8) is 0 Å². The summed E-state index contributed by atoms with van der Waals surface area (Å²) >= 11 is 0. The number of aldehydes is 1. The van der Waals surface area contributed by atoms with Gasteiger partial charge in [0.15, 0.2) is 17.8 Å². The van der Waals surface area contributed by atoms with Crippen molar-refractivity contribution in [2.75, 3.05) is 47.1 Å². The predicted octanol–water partition coefficient (Wildman–Crippen LogP) is 4.70. The maximum Gasteiger partial charge on any atom is 1.00 e. The normalized spacial score (nSPS) is 19.9. The van der Waals surface area contributed by atoms with Crippen molar-refractivity contribution in [3.05, 3.63) is 111 Å². The van der Waals surface area contributed by atoms with Crippen LogP contribution in [-0.4, -0.2) is 98.9 Å². The molecule has 11 nitrogen and oxygen atoms in total. The number of methoxy groups -OCH3 is 1. The fraction of sp³-hybridized carbons (Fsp3) is 0.342. The lowest BCUT2D eigenvalue weighted by Gasteiger charge is -2.56. The molecule has 0 unspecified atom stereocenters. The molecule has 4 aromatic carbocycles. The van der Waals surface area contributed by atoms with Crippen LogP contribution in [0.5, 0.6) is 28.7 Å². The van der Waals surface area contributed by atoms with Crippen LogP contribution in [-0.2, 0) is 12.8 Å².